The van der Waals surface area contributed by atoms with Gasteiger partial charge in [0.15, 0.2) is 0 Å². The van der Waals surface area contributed by atoms with E-state index in [1.165, 1.54) is 6.42 Å². The summed E-state index contributed by atoms with van der Waals surface area (Å²) in [5.74, 6) is 0.880. The zero-order chi connectivity index (χ0) is 17.6. The highest BCUT2D eigenvalue weighted by atomic mass is 16.5. The van der Waals surface area contributed by atoms with Crippen LogP contribution >= 0.6 is 0 Å². The lowest BCUT2D eigenvalue weighted by Gasteiger charge is -2.30. The number of piperidine rings is 1. The average Bonchev–Trinajstić information content (AvgIpc) is 3.11. The fourth-order valence-electron chi connectivity index (χ4n) is 3.63. The van der Waals surface area contributed by atoms with Gasteiger partial charge in [-0.3, -0.25) is 14.5 Å². The molecule has 3 rings (SSSR count). The molecule has 2 aliphatic heterocycles. The number of ether oxygens (including phenoxy) is 1. The van der Waals surface area contributed by atoms with Gasteiger partial charge in [0.25, 0.3) is 0 Å². The molecular formula is C19H27N3O3. The predicted octanol–water partition coefficient (Wildman–Crippen LogP) is 2.11. The van der Waals surface area contributed by atoms with E-state index >= 15 is 0 Å². The molecule has 2 amide bonds. The van der Waals surface area contributed by atoms with Crippen molar-refractivity contribution < 1.29 is 14.3 Å². The minimum absolute atomic E-state index is 0.0332. The fourth-order valence-corrected chi connectivity index (χ4v) is 3.63. The van der Waals surface area contributed by atoms with E-state index < -0.39 is 0 Å². The number of rotatable bonds is 5. The van der Waals surface area contributed by atoms with Crippen LogP contribution in [0.25, 0.3) is 0 Å². The van der Waals surface area contributed by atoms with Gasteiger partial charge in [-0.15, -0.1) is 0 Å². The maximum atomic E-state index is 12.6. The number of hydrogen-bond donors (Lipinski definition) is 1. The van der Waals surface area contributed by atoms with E-state index in [1.807, 2.05) is 34.1 Å². The van der Waals surface area contributed by atoms with Crippen LogP contribution in [0.4, 0.5) is 5.69 Å². The van der Waals surface area contributed by atoms with Crippen LogP contribution in [0.1, 0.15) is 32.1 Å². The monoisotopic (exact) mass is 345 g/mol. The third kappa shape index (κ3) is 4.51. The topological polar surface area (TPSA) is 61.9 Å². The van der Waals surface area contributed by atoms with Crippen molar-refractivity contribution in [2.45, 2.75) is 38.1 Å². The quantitative estimate of drug-likeness (QED) is 0.888. The normalized spacial score (nSPS) is 21.2. The molecule has 2 fully saturated rings. The molecule has 6 nitrogen and oxygen atoms in total. The first kappa shape index (κ1) is 17.7. The van der Waals surface area contributed by atoms with Gasteiger partial charge >= 0.3 is 0 Å². The zero-order valence-electron chi connectivity index (χ0n) is 14.9. The Morgan fingerprint density at radius 2 is 1.80 bits per heavy atom. The highest BCUT2D eigenvalue weighted by Gasteiger charge is 2.33. The summed E-state index contributed by atoms with van der Waals surface area (Å²) in [5.41, 5.74) is 0.750. The lowest BCUT2D eigenvalue weighted by Crippen LogP contribution is -2.47. The van der Waals surface area contributed by atoms with Crippen molar-refractivity contribution in [3.63, 3.8) is 0 Å². The minimum atomic E-state index is -0.226. The van der Waals surface area contributed by atoms with Gasteiger partial charge in [0.2, 0.25) is 11.8 Å². The number of carbonyl (C=O) groups is 2. The average molecular weight is 345 g/mol. The second kappa shape index (κ2) is 8.34. The van der Waals surface area contributed by atoms with E-state index in [9.17, 15) is 9.59 Å². The third-order valence-corrected chi connectivity index (χ3v) is 5.07. The first-order valence-corrected chi connectivity index (χ1v) is 9.14. The van der Waals surface area contributed by atoms with Gasteiger partial charge in [0.1, 0.15) is 5.75 Å². The first-order valence-electron chi connectivity index (χ1n) is 9.14. The molecule has 0 spiro atoms. The molecule has 0 bridgehead atoms. The molecule has 1 atom stereocenters. The Hall–Kier alpha value is -2.08. The lowest BCUT2D eigenvalue weighted by atomic mass is 10.1. The molecule has 0 aliphatic carbocycles. The molecule has 0 saturated carbocycles. The summed E-state index contributed by atoms with van der Waals surface area (Å²) in [6.45, 7) is 2.87. The van der Waals surface area contributed by atoms with Crippen molar-refractivity contribution in [3.8, 4) is 5.75 Å². The molecule has 2 aliphatic rings. The van der Waals surface area contributed by atoms with Gasteiger partial charge in [-0.2, -0.15) is 0 Å². The van der Waals surface area contributed by atoms with Crippen LogP contribution in [-0.4, -0.2) is 60.9 Å². The molecule has 1 N–H and O–H groups in total. The summed E-state index contributed by atoms with van der Waals surface area (Å²) >= 11 is 0. The van der Waals surface area contributed by atoms with Gasteiger partial charge in [-0.25, -0.2) is 0 Å². The standard InChI is InChI=1S/C19H27N3O3/c1-25-16-9-7-15(8-10-16)20-19(24)17-6-5-13-22(17)14-18(23)21-11-3-2-4-12-21/h7-10,17H,2-6,11-14H2,1H3,(H,20,24)/t17-/m1/s1. The summed E-state index contributed by atoms with van der Waals surface area (Å²) in [6.07, 6.45) is 5.14. The van der Waals surface area contributed by atoms with E-state index in [0.29, 0.717) is 6.54 Å². The number of hydrogen-bond acceptors (Lipinski definition) is 4. The van der Waals surface area contributed by atoms with Crippen LogP contribution in [0.2, 0.25) is 0 Å². The maximum absolute atomic E-state index is 12.6. The molecule has 1 aromatic rings. The van der Waals surface area contributed by atoms with E-state index in [4.69, 9.17) is 4.74 Å². The summed E-state index contributed by atoms with van der Waals surface area (Å²) in [4.78, 5) is 29.1. The van der Waals surface area contributed by atoms with Crippen molar-refractivity contribution in [2.24, 2.45) is 0 Å². The highest BCUT2D eigenvalue weighted by Crippen LogP contribution is 2.21. The van der Waals surface area contributed by atoms with E-state index in [0.717, 1.165) is 56.8 Å². The van der Waals surface area contributed by atoms with Gasteiger partial charge in [-0.05, 0) is 62.9 Å². The molecular weight excluding hydrogens is 318 g/mol. The number of carbonyl (C=O) groups excluding carboxylic acids is 2. The van der Waals surface area contributed by atoms with Crippen molar-refractivity contribution in [2.75, 3.05) is 38.6 Å². The Balaban J connectivity index is 1.56. The fraction of sp³-hybridized carbons (Fsp3) is 0.579. The van der Waals surface area contributed by atoms with Gasteiger partial charge in [0, 0.05) is 18.8 Å². The Morgan fingerprint density at radius 3 is 2.48 bits per heavy atom. The van der Waals surface area contributed by atoms with Crippen LogP contribution in [0.3, 0.4) is 0 Å². The van der Waals surface area contributed by atoms with Crippen molar-refractivity contribution >= 4 is 17.5 Å². The van der Waals surface area contributed by atoms with Crippen LogP contribution < -0.4 is 10.1 Å². The number of methoxy groups -OCH3 is 1. The minimum Gasteiger partial charge on any atom is -0.497 e. The predicted molar refractivity (Wildman–Crippen MR) is 96.6 cm³/mol. The second-order valence-corrected chi connectivity index (χ2v) is 6.79. The van der Waals surface area contributed by atoms with Gasteiger partial charge in [-0.1, -0.05) is 0 Å². The third-order valence-electron chi connectivity index (χ3n) is 5.07. The summed E-state index contributed by atoms with van der Waals surface area (Å²) < 4.78 is 5.13. The first-order chi connectivity index (χ1) is 12.2. The van der Waals surface area contributed by atoms with Crippen LogP contribution in [0.15, 0.2) is 24.3 Å². The van der Waals surface area contributed by atoms with E-state index in [2.05, 4.69) is 5.32 Å². The molecule has 6 heteroatoms. The molecule has 0 unspecified atom stereocenters. The Kier molecular flexibility index (Phi) is 5.91. The summed E-state index contributed by atoms with van der Waals surface area (Å²) in [5, 5.41) is 2.96. The molecule has 2 saturated heterocycles. The van der Waals surface area contributed by atoms with Gasteiger partial charge in [0.05, 0.1) is 19.7 Å². The summed E-state index contributed by atoms with van der Waals surface area (Å²) in [6, 6.07) is 7.07. The SMILES string of the molecule is COc1ccc(NC(=O)[C@H]2CCCN2CC(=O)N2CCCCC2)cc1. The largest absolute Gasteiger partial charge is 0.497 e. The lowest BCUT2D eigenvalue weighted by molar-refractivity contribution is -0.134. The molecule has 136 valence electrons. The van der Waals surface area contributed by atoms with Crippen LogP contribution in [-0.2, 0) is 9.59 Å². The number of nitrogens with zero attached hydrogens (tertiary/aromatic N) is 2. The zero-order valence-corrected chi connectivity index (χ0v) is 14.9. The smallest absolute Gasteiger partial charge is 0.241 e. The molecule has 25 heavy (non-hydrogen) atoms. The van der Waals surface area contributed by atoms with E-state index in [1.54, 1.807) is 7.11 Å². The Labute approximate surface area is 149 Å². The summed E-state index contributed by atoms with van der Waals surface area (Å²) in [7, 11) is 1.61. The Morgan fingerprint density at radius 1 is 1.08 bits per heavy atom. The highest BCUT2D eigenvalue weighted by molar-refractivity contribution is 5.95. The van der Waals surface area contributed by atoms with Crippen LogP contribution in [0, 0.1) is 0 Å². The molecule has 1 aromatic carbocycles. The van der Waals surface area contributed by atoms with Gasteiger partial charge < -0.3 is 15.0 Å². The van der Waals surface area contributed by atoms with Crippen molar-refractivity contribution in [1.29, 1.82) is 0 Å². The number of benzene rings is 1. The number of anilines is 1. The molecule has 2 heterocycles. The van der Waals surface area contributed by atoms with E-state index in [-0.39, 0.29) is 17.9 Å². The van der Waals surface area contributed by atoms with Crippen LogP contribution in [0.5, 0.6) is 5.75 Å². The molecule has 0 radical (unpaired) electrons. The van der Waals surface area contributed by atoms with Crippen molar-refractivity contribution in [1.82, 2.24) is 9.80 Å². The number of amides is 2. The second-order valence-electron chi connectivity index (χ2n) is 6.79. The molecule has 0 aromatic heterocycles. The maximum Gasteiger partial charge on any atom is 0.241 e. The number of likely N-dealkylation sites (tertiary alicyclic amines) is 2. The van der Waals surface area contributed by atoms with Crippen molar-refractivity contribution in [3.05, 3.63) is 24.3 Å². The number of nitrogens with one attached hydrogen (secondary N) is 1. The Bertz CT molecular complexity index is 596.